The zero-order chi connectivity index (χ0) is 17.4. The SMILES string of the molecule is CC[C@H](Oc1ccc(C)cc1)C(=O)NCCCc1ccc(F)cc1. The van der Waals surface area contributed by atoms with Gasteiger partial charge in [-0.3, -0.25) is 4.79 Å². The lowest BCUT2D eigenvalue weighted by molar-refractivity contribution is -0.128. The highest BCUT2D eigenvalue weighted by molar-refractivity contribution is 5.81. The summed E-state index contributed by atoms with van der Waals surface area (Å²) in [7, 11) is 0. The van der Waals surface area contributed by atoms with Crippen LogP contribution in [0.15, 0.2) is 48.5 Å². The van der Waals surface area contributed by atoms with Gasteiger partial charge in [-0.25, -0.2) is 4.39 Å². The van der Waals surface area contributed by atoms with Crippen LogP contribution in [0.5, 0.6) is 5.75 Å². The van der Waals surface area contributed by atoms with Gasteiger partial charge in [0.1, 0.15) is 11.6 Å². The summed E-state index contributed by atoms with van der Waals surface area (Å²) in [6, 6.07) is 14.1. The van der Waals surface area contributed by atoms with E-state index in [1.54, 1.807) is 12.1 Å². The number of rotatable bonds is 8. The Hall–Kier alpha value is -2.36. The fraction of sp³-hybridized carbons (Fsp3) is 0.350. The first-order valence-electron chi connectivity index (χ1n) is 8.34. The van der Waals surface area contributed by atoms with Gasteiger partial charge in [0, 0.05) is 6.54 Å². The number of benzene rings is 2. The fourth-order valence-corrected chi connectivity index (χ4v) is 2.37. The van der Waals surface area contributed by atoms with Crippen molar-refractivity contribution < 1.29 is 13.9 Å². The highest BCUT2D eigenvalue weighted by Gasteiger charge is 2.17. The molecule has 1 N–H and O–H groups in total. The maximum absolute atomic E-state index is 12.8. The summed E-state index contributed by atoms with van der Waals surface area (Å²) < 4.78 is 18.6. The summed E-state index contributed by atoms with van der Waals surface area (Å²) in [5.41, 5.74) is 2.22. The normalized spacial score (nSPS) is 11.8. The molecule has 0 saturated heterocycles. The molecule has 3 nitrogen and oxygen atoms in total. The Morgan fingerprint density at radius 1 is 1.12 bits per heavy atom. The van der Waals surface area contributed by atoms with Crippen molar-refractivity contribution in [2.45, 2.75) is 39.2 Å². The summed E-state index contributed by atoms with van der Waals surface area (Å²) in [6.45, 7) is 4.51. The maximum atomic E-state index is 12.8. The average molecular weight is 329 g/mol. The molecule has 24 heavy (non-hydrogen) atoms. The Balaban J connectivity index is 1.75. The standard InChI is InChI=1S/C20H24FNO2/c1-3-19(24-18-12-6-15(2)7-13-18)20(23)22-14-4-5-16-8-10-17(21)11-9-16/h6-13,19H,3-5,14H2,1-2H3,(H,22,23)/t19-/m0/s1. The van der Waals surface area contributed by atoms with Crippen molar-refractivity contribution in [3.63, 3.8) is 0 Å². The van der Waals surface area contributed by atoms with Crippen LogP contribution in [0, 0.1) is 12.7 Å². The minimum atomic E-state index is -0.487. The van der Waals surface area contributed by atoms with E-state index < -0.39 is 6.10 Å². The molecule has 0 spiro atoms. The summed E-state index contributed by atoms with van der Waals surface area (Å²) in [5, 5.41) is 2.91. The zero-order valence-corrected chi connectivity index (χ0v) is 14.2. The summed E-state index contributed by atoms with van der Waals surface area (Å²) in [4.78, 5) is 12.2. The first-order valence-corrected chi connectivity index (χ1v) is 8.34. The van der Waals surface area contributed by atoms with E-state index in [2.05, 4.69) is 5.32 Å². The van der Waals surface area contributed by atoms with Crippen LogP contribution in [-0.2, 0) is 11.2 Å². The van der Waals surface area contributed by atoms with Crippen LogP contribution < -0.4 is 10.1 Å². The Bertz CT molecular complexity index is 638. The maximum Gasteiger partial charge on any atom is 0.261 e. The van der Waals surface area contributed by atoms with Gasteiger partial charge in [0.15, 0.2) is 6.10 Å². The molecule has 0 heterocycles. The molecule has 0 bridgehead atoms. The molecule has 2 rings (SSSR count). The van der Waals surface area contributed by atoms with Crippen molar-refractivity contribution in [2.24, 2.45) is 0 Å². The number of aryl methyl sites for hydroxylation is 2. The highest BCUT2D eigenvalue weighted by atomic mass is 19.1. The third kappa shape index (κ3) is 5.69. The van der Waals surface area contributed by atoms with E-state index in [1.807, 2.05) is 38.1 Å². The summed E-state index contributed by atoms with van der Waals surface area (Å²) in [6.07, 6.45) is 1.73. The minimum Gasteiger partial charge on any atom is -0.481 e. The Morgan fingerprint density at radius 2 is 1.79 bits per heavy atom. The van der Waals surface area contributed by atoms with Gasteiger partial charge in [-0.2, -0.15) is 0 Å². The van der Waals surface area contributed by atoms with Crippen LogP contribution in [0.4, 0.5) is 4.39 Å². The highest BCUT2D eigenvalue weighted by Crippen LogP contribution is 2.14. The Labute approximate surface area is 142 Å². The number of hydrogen-bond acceptors (Lipinski definition) is 2. The smallest absolute Gasteiger partial charge is 0.261 e. The summed E-state index contributed by atoms with van der Waals surface area (Å²) >= 11 is 0. The third-order valence-electron chi connectivity index (χ3n) is 3.82. The van der Waals surface area contributed by atoms with E-state index in [0.717, 1.165) is 24.0 Å². The van der Waals surface area contributed by atoms with E-state index >= 15 is 0 Å². The second kappa shape index (κ2) is 9.06. The number of nitrogens with one attached hydrogen (secondary N) is 1. The molecular formula is C20H24FNO2. The van der Waals surface area contributed by atoms with Crippen molar-refractivity contribution in [3.05, 3.63) is 65.5 Å². The predicted molar refractivity (Wildman–Crippen MR) is 93.6 cm³/mol. The first kappa shape index (κ1) is 18.0. The molecule has 4 heteroatoms. The van der Waals surface area contributed by atoms with Crippen molar-refractivity contribution in [1.82, 2.24) is 5.32 Å². The number of ether oxygens (including phenoxy) is 1. The Morgan fingerprint density at radius 3 is 2.42 bits per heavy atom. The van der Waals surface area contributed by atoms with E-state index in [1.165, 1.54) is 12.1 Å². The molecule has 0 saturated carbocycles. The number of halogens is 1. The Kier molecular flexibility index (Phi) is 6.79. The molecule has 2 aromatic carbocycles. The first-order chi connectivity index (χ1) is 11.6. The van der Waals surface area contributed by atoms with Crippen LogP contribution in [0.2, 0.25) is 0 Å². The fourth-order valence-electron chi connectivity index (χ4n) is 2.37. The van der Waals surface area contributed by atoms with Gasteiger partial charge in [0.05, 0.1) is 0 Å². The topological polar surface area (TPSA) is 38.3 Å². The second-order valence-corrected chi connectivity index (χ2v) is 5.85. The van der Waals surface area contributed by atoms with Crippen molar-refractivity contribution in [2.75, 3.05) is 6.54 Å². The van der Waals surface area contributed by atoms with Gasteiger partial charge in [-0.15, -0.1) is 0 Å². The molecule has 0 fully saturated rings. The van der Waals surface area contributed by atoms with Gasteiger partial charge >= 0.3 is 0 Å². The minimum absolute atomic E-state index is 0.0998. The van der Waals surface area contributed by atoms with Gasteiger partial charge in [-0.1, -0.05) is 36.8 Å². The lowest BCUT2D eigenvalue weighted by Crippen LogP contribution is -2.38. The lowest BCUT2D eigenvalue weighted by Gasteiger charge is -2.17. The molecule has 0 aliphatic heterocycles. The molecule has 128 valence electrons. The number of amides is 1. The van der Waals surface area contributed by atoms with Crippen molar-refractivity contribution >= 4 is 5.91 Å². The quantitative estimate of drug-likeness (QED) is 0.742. The van der Waals surface area contributed by atoms with Gasteiger partial charge in [-0.05, 0) is 56.0 Å². The van der Waals surface area contributed by atoms with Crippen LogP contribution in [0.3, 0.4) is 0 Å². The zero-order valence-electron chi connectivity index (χ0n) is 14.2. The van der Waals surface area contributed by atoms with Crippen molar-refractivity contribution in [3.8, 4) is 5.75 Å². The second-order valence-electron chi connectivity index (χ2n) is 5.85. The van der Waals surface area contributed by atoms with Gasteiger partial charge in [0.25, 0.3) is 5.91 Å². The van der Waals surface area contributed by atoms with Crippen LogP contribution in [-0.4, -0.2) is 18.6 Å². The van der Waals surface area contributed by atoms with E-state index in [-0.39, 0.29) is 11.7 Å². The van der Waals surface area contributed by atoms with Gasteiger partial charge < -0.3 is 10.1 Å². The molecule has 0 aromatic heterocycles. The number of carbonyl (C=O) groups excluding carboxylic acids is 1. The van der Waals surface area contributed by atoms with Crippen LogP contribution in [0.25, 0.3) is 0 Å². The molecule has 1 amide bonds. The molecule has 0 aliphatic rings. The predicted octanol–water partition coefficient (Wildman–Crippen LogP) is 4.04. The largest absolute Gasteiger partial charge is 0.481 e. The van der Waals surface area contributed by atoms with Gasteiger partial charge in [0.2, 0.25) is 0 Å². The molecule has 2 aromatic rings. The number of carbonyl (C=O) groups is 1. The van der Waals surface area contributed by atoms with Crippen molar-refractivity contribution in [1.29, 1.82) is 0 Å². The number of hydrogen-bond donors (Lipinski definition) is 1. The van der Waals surface area contributed by atoms with Crippen LogP contribution in [0.1, 0.15) is 30.9 Å². The molecule has 0 aliphatic carbocycles. The van der Waals surface area contributed by atoms with E-state index in [9.17, 15) is 9.18 Å². The average Bonchev–Trinajstić information content (AvgIpc) is 2.59. The molecule has 0 unspecified atom stereocenters. The third-order valence-corrected chi connectivity index (χ3v) is 3.82. The van der Waals surface area contributed by atoms with E-state index in [0.29, 0.717) is 18.7 Å². The summed E-state index contributed by atoms with van der Waals surface area (Å²) in [5.74, 6) is 0.372. The lowest BCUT2D eigenvalue weighted by atomic mass is 10.1. The van der Waals surface area contributed by atoms with Crippen LogP contribution >= 0.6 is 0 Å². The van der Waals surface area contributed by atoms with E-state index in [4.69, 9.17) is 4.74 Å². The molecular weight excluding hydrogens is 305 g/mol. The molecule has 1 atom stereocenters. The monoisotopic (exact) mass is 329 g/mol. The molecule has 0 radical (unpaired) electrons.